The molecule has 0 bridgehead atoms. The van der Waals surface area contributed by atoms with Gasteiger partial charge in [-0.15, -0.1) is 0 Å². The monoisotopic (exact) mass is 379 g/mol. The molecule has 1 aliphatic carbocycles. The number of pyridine rings is 1. The molecule has 7 heteroatoms. The Bertz CT molecular complexity index is 696. The van der Waals surface area contributed by atoms with Crippen LogP contribution in [0.3, 0.4) is 0 Å². The van der Waals surface area contributed by atoms with Crippen molar-refractivity contribution >= 4 is 10.0 Å². The van der Waals surface area contributed by atoms with Crippen LogP contribution in [-0.4, -0.2) is 67.0 Å². The van der Waals surface area contributed by atoms with Crippen molar-refractivity contribution < 1.29 is 13.2 Å². The first-order valence-electron chi connectivity index (χ1n) is 9.88. The molecule has 2 aliphatic heterocycles. The lowest BCUT2D eigenvalue weighted by Crippen LogP contribution is -2.50. The normalized spacial score (nSPS) is 27.8. The standard InChI is InChI=1S/C19H29N3O3S/c23-26(24,18-5-4-10-20-15-18)22-13-11-21(12-14-22)16-17-6-9-19(25-17)7-2-1-3-8-19/h4-5,10,15,17H,1-3,6-9,11-14,16H2/t17-/m1/s1. The lowest BCUT2D eigenvalue weighted by atomic mass is 9.83. The molecule has 0 unspecified atom stereocenters. The molecule has 26 heavy (non-hydrogen) atoms. The molecular formula is C19H29N3O3S. The predicted molar refractivity (Wildman–Crippen MR) is 99.4 cm³/mol. The molecule has 0 N–H and O–H groups in total. The summed E-state index contributed by atoms with van der Waals surface area (Å²) in [4.78, 5) is 6.58. The largest absolute Gasteiger partial charge is 0.370 e. The van der Waals surface area contributed by atoms with Crippen molar-refractivity contribution in [2.75, 3.05) is 32.7 Å². The van der Waals surface area contributed by atoms with Gasteiger partial charge >= 0.3 is 0 Å². The smallest absolute Gasteiger partial charge is 0.244 e. The number of nitrogens with zero attached hydrogens (tertiary/aromatic N) is 3. The van der Waals surface area contributed by atoms with Gasteiger partial charge in [-0.25, -0.2) is 8.42 Å². The van der Waals surface area contributed by atoms with Crippen LogP contribution in [0, 0.1) is 0 Å². The van der Waals surface area contributed by atoms with Crippen molar-refractivity contribution in [3.63, 3.8) is 0 Å². The Kier molecular flexibility index (Phi) is 5.32. The number of sulfonamides is 1. The summed E-state index contributed by atoms with van der Waals surface area (Å²) in [6, 6.07) is 3.28. The molecule has 1 saturated carbocycles. The van der Waals surface area contributed by atoms with Gasteiger partial charge in [0.05, 0.1) is 11.7 Å². The second-order valence-electron chi connectivity index (χ2n) is 7.92. The Labute approximate surface area is 156 Å². The van der Waals surface area contributed by atoms with Crippen LogP contribution < -0.4 is 0 Å². The molecular weight excluding hydrogens is 350 g/mol. The first-order chi connectivity index (χ1) is 12.6. The minimum absolute atomic E-state index is 0.161. The molecule has 1 spiro atoms. The van der Waals surface area contributed by atoms with E-state index in [1.165, 1.54) is 44.7 Å². The molecule has 0 radical (unpaired) electrons. The first-order valence-corrected chi connectivity index (χ1v) is 11.3. The highest BCUT2D eigenvalue weighted by atomic mass is 32.2. The predicted octanol–water partition coefficient (Wildman–Crippen LogP) is 2.27. The summed E-state index contributed by atoms with van der Waals surface area (Å²) in [7, 11) is -3.42. The number of ether oxygens (including phenoxy) is 1. The van der Waals surface area contributed by atoms with Crippen LogP contribution in [-0.2, 0) is 14.8 Å². The molecule has 0 amide bonds. The van der Waals surface area contributed by atoms with Gasteiger partial charge in [0.1, 0.15) is 4.90 Å². The quantitative estimate of drug-likeness (QED) is 0.803. The van der Waals surface area contributed by atoms with Crippen molar-refractivity contribution in [1.82, 2.24) is 14.2 Å². The third kappa shape index (κ3) is 3.81. The van der Waals surface area contributed by atoms with E-state index in [2.05, 4.69) is 9.88 Å². The van der Waals surface area contributed by atoms with Gasteiger partial charge in [0.15, 0.2) is 0 Å². The Balaban J connectivity index is 1.29. The summed E-state index contributed by atoms with van der Waals surface area (Å²) in [5, 5.41) is 0. The number of hydrogen-bond donors (Lipinski definition) is 0. The van der Waals surface area contributed by atoms with Crippen LogP contribution in [0.25, 0.3) is 0 Å². The molecule has 3 fully saturated rings. The van der Waals surface area contributed by atoms with Crippen LogP contribution in [0.2, 0.25) is 0 Å². The van der Waals surface area contributed by atoms with Crippen LogP contribution in [0.15, 0.2) is 29.4 Å². The van der Waals surface area contributed by atoms with Crippen LogP contribution in [0.5, 0.6) is 0 Å². The molecule has 144 valence electrons. The van der Waals surface area contributed by atoms with Gasteiger partial charge in [-0.2, -0.15) is 4.31 Å². The highest BCUT2D eigenvalue weighted by Crippen LogP contribution is 2.42. The van der Waals surface area contributed by atoms with E-state index in [-0.39, 0.29) is 10.5 Å². The zero-order valence-electron chi connectivity index (χ0n) is 15.3. The summed E-state index contributed by atoms with van der Waals surface area (Å²) in [5.41, 5.74) is 0.161. The highest BCUT2D eigenvalue weighted by molar-refractivity contribution is 7.89. The Morgan fingerprint density at radius 3 is 2.58 bits per heavy atom. The van der Waals surface area contributed by atoms with E-state index >= 15 is 0 Å². The summed E-state index contributed by atoms with van der Waals surface area (Å²) in [6.45, 7) is 3.55. The molecule has 3 aliphatic rings. The zero-order valence-corrected chi connectivity index (χ0v) is 16.2. The van der Waals surface area contributed by atoms with Gasteiger partial charge < -0.3 is 4.74 Å². The number of rotatable bonds is 4. The van der Waals surface area contributed by atoms with E-state index < -0.39 is 10.0 Å². The maximum absolute atomic E-state index is 12.7. The number of aromatic nitrogens is 1. The maximum Gasteiger partial charge on any atom is 0.244 e. The van der Waals surface area contributed by atoms with Crippen LogP contribution in [0.4, 0.5) is 0 Å². The number of hydrogen-bond acceptors (Lipinski definition) is 5. The van der Waals surface area contributed by atoms with Gasteiger partial charge in [-0.05, 0) is 37.8 Å². The Morgan fingerprint density at radius 1 is 1.12 bits per heavy atom. The van der Waals surface area contributed by atoms with E-state index in [4.69, 9.17) is 4.74 Å². The number of piperazine rings is 1. The fourth-order valence-electron chi connectivity index (χ4n) is 4.68. The van der Waals surface area contributed by atoms with E-state index in [9.17, 15) is 8.42 Å². The van der Waals surface area contributed by atoms with E-state index in [0.717, 1.165) is 26.1 Å². The van der Waals surface area contributed by atoms with Gasteiger partial charge in [0.25, 0.3) is 0 Å². The van der Waals surface area contributed by atoms with Crippen molar-refractivity contribution in [3.8, 4) is 0 Å². The Morgan fingerprint density at radius 2 is 1.88 bits per heavy atom. The van der Waals surface area contributed by atoms with E-state index in [1.807, 2.05) is 0 Å². The second kappa shape index (κ2) is 7.54. The first kappa shape index (κ1) is 18.3. The fraction of sp³-hybridized carbons (Fsp3) is 0.737. The van der Waals surface area contributed by atoms with Crippen LogP contribution >= 0.6 is 0 Å². The zero-order chi connectivity index (χ0) is 18.0. The molecule has 1 aromatic heterocycles. The third-order valence-electron chi connectivity index (χ3n) is 6.17. The Hall–Kier alpha value is -1.02. The summed E-state index contributed by atoms with van der Waals surface area (Å²) in [5.74, 6) is 0. The molecule has 6 nitrogen and oxygen atoms in total. The topological polar surface area (TPSA) is 62.7 Å². The fourth-order valence-corrected chi connectivity index (χ4v) is 6.06. The van der Waals surface area contributed by atoms with Gasteiger partial charge in [-0.1, -0.05) is 19.3 Å². The van der Waals surface area contributed by atoms with Crippen molar-refractivity contribution in [1.29, 1.82) is 0 Å². The highest BCUT2D eigenvalue weighted by Gasteiger charge is 2.41. The molecule has 1 atom stereocenters. The average molecular weight is 380 g/mol. The second-order valence-corrected chi connectivity index (χ2v) is 9.85. The maximum atomic E-state index is 12.7. The third-order valence-corrected chi connectivity index (χ3v) is 8.05. The molecule has 0 aromatic carbocycles. The van der Waals surface area contributed by atoms with Crippen molar-refractivity contribution in [3.05, 3.63) is 24.5 Å². The minimum Gasteiger partial charge on any atom is -0.370 e. The summed E-state index contributed by atoms with van der Waals surface area (Å²) >= 11 is 0. The van der Waals surface area contributed by atoms with Crippen molar-refractivity contribution in [2.24, 2.45) is 0 Å². The molecule has 2 saturated heterocycles. The van der Waals surface area contributed by atoms with Gasteiger partial charge in [0.2, 0.25) is 10.0 Å². The van der Waals surface area contributed by atoms with E-state index in [1.54, 1.807) is 22.6 Å². The van der Waals surface area contributed by atoms with Gasteiger partial charge in [0, 0.05) is 45.1 Å². The average Bonchev–Trinajstić information content (AvgIpc) is 3.05. The van der Waals surface area contributed by atoms with Gasteiger partial charge in [-0.3, -0.25) is 9.88 Å². The van der Waals surface area contributed by atoms with E-state index in [0.29, 0.717) is 19.2 Å². The summed E-state index contributed by atoms with van der Waals surface area (Å²) in [6.07, 6.45) is 12.1. The minimum atomic E-state index is -3.42. The van der Waals surface area contributed by atoms with Crippen LogP contribution in [0.1, 0.15) is 44.9 Å². The SMILES string of the molecule is O=S(=O)(c1cccnc1)N1CCN(C[C@H]2CCC3(CCCCC3)O2)CC1. The molecule has 3 heterocycles. The summed E-state index contributed by atoms with van der Waals surface area (Å²) < 4.78 is 33.4. The molecule has 1 aromatic rings. The lowest BCUT2D eigenvalue weighted by molar-refractivity contribution is -0.0732. The molecule has 4 rings (SSSR count). The van der Waals surface area contributed by atoms with Crippen molar-refractivity contribution in [2.45, 2.75) is 61.5 Å². The lowest BCUT2D eigenvalue weighted by Gasteiger charge is -2.36.